The minimum absolute atomic E-state index is 0.0526. The second-order valence-electron chi connectivity index (χ2n) is 1.68. The fraction of sp³-hybridized carbons (Fsp3) is 0.750. The van der Waals surface area contributed by atoms with Gasteiger partial charge in [-0.2, -0.15) is 0 Å². The Morgan fingerprint density at radius 3 is 3.00 bits per heavy atom. The minimum Gasteiger partial charge on any atom is -0.276 e. The van der Waals surface area contributed by atoms with Crippen molar-refractivity contribution in [2.24, 2.45) is 4.99 Å². The van der Waals surface area contributed by atoms with Gasteiger partial charge in [-0.05, 0) is 29.5 Å². The molecule has 0 saturated heterocycles. The molecule has 0 unspecified atom stereocenters. The monoisotopic (exact) mass is 242 g/mol. The molecule has 1 rings (SSSR count). The smallest absolute Gasteiger partial charge is 0.160 e. The van der Waals surface area contributed by atoms with Crippen molar-refractivity contribution in [3.63, 3.8) is 0 Å². The molecule has 0 aromatic rings. The lowest BCUT2D eigenvalue weighted by molar-refractivity contribution is 0.602. The Bertz CT molecular complexity index is 113. The molecule has 0 radical (unpaired) electrons. The molecule has 2 nitrogen and oxygen atoms in total. The molecular formula is C4H7IN2S. The highest BCUT2D eigenvalue weighted by Gasteiger charge is 2.17. The first-order valence-corrected chi connectivity index (χ1v) is 4.43. The Kier molecular flexibility index (Phi) is 2.16. The molecule has 1 aliphatic rings. The van der Waals surface area contributed by atoms with Gasteiger partial charge >= 0.3 is 0 Å². The van der Waals surface area contributed by atoms with Crippen molar-refractivity contribution in [3.8, 4) is 0 Å². The summed E-state index contributed by atoms with van der Waals surface area (Å²) in [6.07, 6.45) is 0. The number of aliphatic imine (C=N–C) groups is 1. The zero-order valence-corrected chi connectivity index (χ0v) is 7.49. The quantitative estimate of drug-likeness (QED) is 0.394. The summed E-state index contributed by atoms with van der Waals surface area (Å²) < 4.78 is -0.0526. The molecule has 0 aromatic carbocycles. The summed E-state index contributed by atoms with van der Waals surface area (Å²) >= 11 is 3.96. The molecular weight excluding hydrogens is 235 g/mol. The van der Waals surface area contributed by atoms with E-state index in [0.29, 0.717) is 0 Å². The van der Waals surface area contributed by atoms with Crippen LogP contribution in [-0.2, 0) is 0 Å². The average Bonchev–Trinajstić information content (AvgIpc) is 1.65. The van der Waals surface area contributed by atoms with Gasteiger partial charge in [-0.1, -0.05) is 11.8 Å². The van der Waals surface area contributed by atoms with Crippen LogP contribution in [0.25, 0.3) is 0 Å². The number of nitrogens with one attached hydrogen (secondary N) is 1. The van der Waals surface area contributed by atoms with E-state index in [-0.39, 0.29) is 3.67 Å². The highest BCUT2D eigenvalue weighted by Crippen LogP contribution is 2.19. The number of hydrogen-bond donors (Lipinski definition) is 1. The van der Waals surface area contributed by atoms with Gasteiger partial charge < -0.3 is 0 Å². The van der Waals surface area contributed by atoms with Crippen LogP contribution in [0.1, 0.15) is 6.92 Å². The van der Waals surface area contributed by atoms with E-state index in [0.717, 1.165) is 5.88 Å². The van der Waals surface area contributed by atoms with Gasteiger partial charge in [0.05, 0.1) is 11.4 Å². The molecule has 4 heteroatoms. The van der Waals surface area contributed by atoms with Crippen LogP contribution >= 0.6 is 34.4 Å². The average molecular weight is 242 g/mol. The largest absolute Gasteiger partial charge is 0.276 e. The van der Waals surface area contributed by atoms with Crippen LogP contribution in [-0.4, -0.2) is 15.1 Å². The summed E-state index contributed by atoms with van der Waals surface area (Å²) in [5.41, 5.74) is 1.89. The lowest BCUT2D eigenvalue weighted by Crippen LogP contribution is -2.35. The number of halogens is 1. The second kappa shape index (κ2) is 2.53. The van der Waals surface area contributed by atoms with Crippen molar-refractivity contribution < 1.29 is 0 Å². The van der Waals surface area contributed by atoms with Gasteiger partial charge in [0.2, 0.25) is 0 Å². The van der Waals surface area contributed by atoms with Gasteiger partial charge in [0.25, 0.3) is 0 Å². The molecule has 0 aliphatic carbocycles. The number of alkyl halides is 1. The first-order valence-electron chi connectivity index (χ1n) is 2.30. The van der Waals surface area contributed by atoms with E-state index in [2.05, 4.69) is 32.9 Å². The van der Waals surface area contributed by atoms with Crippen LogP contribution in [0, 0.1) is 0 Å². The maximum atomic E-state index is 4.18. The number of rotatable bonds is 0. The van der Waals surface area contributed by atoms with Gasteiger partial charge in [-0.15, -0.1) is 0 Å². The molecule has 46 valence electrons. The number of hydrogen-bond acceptors (Lipinski definition) is 3. The van der Waals surface area contributed by atoms with Crippen molar-refractivity contribution in [3.05, 3.63) is 0 Å². The van der Waals surface area contributed by atoms with Crippen molar-refractivity contribution >= 4 is 39.9 Å². The van der Waals surface area contributed by atoms with E-state index in [4.69, 9.17) is 0 Å². The van der Waals surface area contributed by atoms with E-state index in [1.807, 2.05) is 12.5 Å². The third-order valence-electron chi connectivity index (χ3n) is 0.848. The summed E-state index contributed by atoms with van der Waals surface area (Å²) in [5, 5.41) is 3.21. The highest BCUT2D eigenvalue weighted by atomic mass is 127. The lowest BCUT2D eigenvalue weighted by atomic mass is 10.6. The van der Waals surface area contributed by atoms with Crippen LogP contribution in [0.15, 0.2) is 4.99 Å². The van der Waals surface area contributed by atoms with Crippen molar-refractivity contribution in [2.45, 2.75) is 10.6 Å². The molecule has 1 heterocycles. The zero-order valence-electron chi connectivity index (χ0n) is 4.52. The highest BCUT2D eigenvalue weighted by molar-refractivity contribution is 14.1. The molecule has 0 fully saturated rings. The predicted molar refractivity (Wildman–Crippen MR) is 46.5 cm³/mol. The Morgan fingerprint density at radius 2 is 2.75 bits per heavy atom. The summed E-state index contributed by atoms with van der Waals surface area (Å²) in [4.78, 5) is 4.18. The molecule has 0 aromatic heterocycles. The molecule has 0 bridgehead atoms. The molecule has 1 N–H and O–H groups in total. The van der Waals surface area contributed by atoms with E-state index in [9.17, 15) is 0 Å². The fourth-order valence-electron chi connectivity index (χ4n) is 0.393. The minimum atomic E-state index is -0.0526. The van der Waals surface area contributed by atoms with E-state index in [1.165, 1.54) is 0 Å². The van der Waals surface area contributed by atoms with Crippen molar-refractivity contribution in [2.75, 3.05) is 5.88 Å². The third kappa shape index (κ3) is 1.91. The summed E-state index contributed by atoms with van der Waals surface area (Å²) in [6.45, 7) is 2.05. The summed E-state index contributed by atoms with van der Waals surface area (Å²) in [5.74, 6) is 0.975. The first-order chi connectivity index (χ1) is 3.71. The van der Waals surface area contributed by atoms with Gasteiger partial charge in [0.1, 0.15) is 0 Å². The van der Waals surface area contributed by atoms with E-state index < -0.39 is 0 Å². The fourth-order valence-corrected chi connectivity index (χ4v) is 1.89. The SMILES string of the molecule is C[C@]1(I)N=CSCN1. The zero-order chi connectivity index (χ0) is 6.04. The Balaban J connectivity index is 2.56. The standard InChI is InChI=1S/C4H7IN2S/c1-4(5)6-2-8-3-7-4/h2,7H,3H2,1H3/t4-/m0/s1. The molecule has 1 atom stereocenters. The van der Waals surface area contributed by atoms with Gasteiger partial charge in [-0.3, -0.25) is 10.3 Å². The van der Waals surface area contributed by atoms with Crippen LogP contribution in [0.2, 0.25) is 0 Å². The topological polar surface area (TPSA) is 24.4 Å². The predicted octanol–water partition coefficient (Wildman–Crippen LogP) is 1.42. The normalized spacial score (nSPS) is 37.8. The molecule has 0 amide bonds. The lowest BCUT2D eigenvalue weighted by Gasteiger charge is -2.21. The van der Waals surface area contributed by atoms with Crippen molar-refractivity contribution in [1.82, 2.24) is 5.32 Å². The molecule has 1 aliphatic heterocycles. The Morgan fingerprint density at radius 1 is 2.00 bits per heavy atom. The van der Waals surface area contributed by atoms with Gasteiger partial charge in [0, 0.05) is 0 Å². The Hall–Kier alpha value is 0.710. The maximum absolute atomic E-state index is 4.18. The van der Waals surface area contributed by atoms with E-state index in [1.54, 1.807) is 11.8 Å². The second-order valence-corrected chi connectivity index (χ2v) is 4.61. The van der Waals surface area contributed by atoms with E-state index >= 15 is 0 Å². The Labute approximate surface area is 66.7 Å². The van der Waals surface area contributed by atoms with Crippen LogP contribution in [0.5, 0.6) is 0 Å². The van der Waals surface area contributed by atoms with Crippen molar-refractivity contribution in [1.29, 1.82) is 0 Å². The molecule has 0 saturated carbocycles. The van der Waals surface area contributed by atoms with Gasteiger partial charge in [-0.25, -0.2) is 0 Å². The van der Waals surface area contributed by atoms with Gasteiger partial charge in [0.15, 0.2) is 3.67 Å². The first kappa shape index (κ1) is 6.82. The maximum Gasteiger partial charge on any atom is 0.160 e. The van der Waals surface area contributed by atoms with Crippen LogP contribution in [0.3, 0.4) is 0 Å². The molecule has 0 spiro atoms. The summed E-state index contributed by atoms with van der Waals surface area (Å²) in [6, 6.07) is 0. The number of thioether (sulfide) groups is 1. The van der Waals surface area contributed by atoms with Crippen LogP contribution in [0.4, 0.5) is 0 Å². The molecule has 8 heavy (non-hydrogen) atoms. The summed E-state index contributed by atoms with van der Waals surface area (Å²) in [7, 11) is 0. The number of nitrogens with zero attached hydrogens (tertiary/aromatic N) is 1. The third-order valence-corrected chi connectivity index (χ3v) is 2.07. The van der Waals surface area contributed by atoms with Crippen LogP contribution < -0.4 is 5.32 Å².